The van der Waals surface area contributed by atoms with Crippen molar-refractivity contribution in [2.75, 3.05) is 26.8 Å². The highest BCUT2D eigenvalue weighted by molar-refractivity contribution is 7.89. The molecule has 0 saturated carbocycles. The molecule has 1 aromatic heterocycles. The van der Waals surface area contributed by atoms with E-state index in [1.165, 1.54) is 52.9 Å². The Labute approximate surface area is 206 Å². The maximum absolute atomic E-state index is 12.9. The van der Waals surface area contributed by atoms with Gasteiger partial charge in [-0.3, -0.25) is 14.9 Å². The zero-order valence-electron chi connectivity index (χ0n) is 19.0. The molecule has 1 amide bonds. The Morgan fingerprint density at radius 3 is 2.43 bits per heavy atom. The molecule has 184 valence electrons. The van der Waals surface area contributed by atoms with Gasteiger partial charge in [0, 0.05) is 44.4 Å². The summed E-state index contributed by atoms with van der Waals surface area (Å²) >= 11 is 1.15. The van der Waals surface area contributed by atoms with E-state index in [1.807, 2.05) is 0 Å². The van der Waals surface area contributed by atoms with Crippen molar-refractivity contribution >= 4 is 43.2 Å². The summed E-state index contributed by atoms with van der Waals surface area (Å²) in [5, 5.41) is 11.1. The van der Waals surface area contributed by atoms with Gasteiger partial charge in [0.1, 0.15) is 0 Å². The third kappa shape index (κ3) is 5.80. The van der Waals surface area contributed by atoms with Crippen LogP contribution in [0.25, 0.3) is 10.2 Å². The fourth-order valence-corrected chi connectivity index (χ4v) is 5.76. The maximum Gasteiger partial charge on any atom is 0.279 e. The summed E-state index contributed by atoms with van der Waals surface area (Å²) in [4.78, 5) is 28.1. The van der Waals surface area contributed by atoms with Gasteiger partial charge in [-0.1, -0.05) is 23.5 Å². The van der Waals surface area contributed by atoms with E-state index < -0.39 is 20.9 Å². The van der Waals surface area contributed by atoms with Gasteiger partial charge < -0.3 is 9.30 Å². The van der Waals surface area contributed by atoms with Crippen molar-refractivity contribution in [1.29, 1.82) is 0 Å². The van der Waals surface area contributed by atoms with E-state index in [4.69, 9.17) is 4.74 Å². The SMILES string of the molecule is C=CCN(CC=C)S(=O)(=O)c1ccc(C(=O)N=c2sc3cc([N+](=O)[O-])ccc3n2CCOC)cc1. The van der Waals surface area contributed by atoms with Crippen LogP contribution >= 0.6 is 11.3 Å². The van der Waals surface area contributed by atoms with Gasteiger partial charge in [-0.2, -0.15) is 9.30 Å². The van der Waals surface area contributed by atoms with Crippen LogP contribution < -0.4 is 4.80 Å². The first kappa shape index (κ1) is 26.2. The van der Waals surface area contributed by atoms with Crippen molar-refractivity contribution in [3.05, 3.63) is 88.3 Å². The molecule has 2 aromatic carbocycles. The van der Waals surface area contributed by atoms with Gasteiger partial charge in [0.25, 0.3) is 11.6 Å². The van der Waals surface area contributed by atoms with E-state index in [0.29, 0.717) is 28.2 Å². The van der Waals surface area contributed by atoms with E-state index in [2.05, 4.69) is 18.2 Å². The van der Waals surface area contributed by atoms with Gasteiger partial charge in [-0.25, -0.2) is 8.42 Å². The highest BCUT2D eigenvalue weighted by Gasteiger charge is 2.22. The number of aromatic nitrogens is 1. The maximum atomic E-state index is 12.9. The van der Waals surface area contributed by atoms with Crippen molar-refractivity contribution in [1.82, 2.24) is 8.87 Å². The molecule has 0 saturated heterocycles. The summed E-state index contributed by atoms with van der Waals surface area (Å²) in [5.41, 5.74) is 0.828. The molecule has 0 radical (unpaired) electrons. The normalized spacial score (nSPS) is 12.2. The Kier molecular flexibility index (Phi) is 8.46. The van der Waals surface area contributed by atoms with Gasteiger partial charge in [0.2, 0.25) is 10.0 Å². The van der Waals surface area contributed by atoms with Gasteiger partial charge in [-0.15, -0.1) is 13.2 Å². The minimum absolute atomic E-state index is 0.0297. The zero-order valence-corrected chi connectivity index (χ0v) is 20.6. The summed E-state index contributed by atoms with van der Waals surface area (Å²) in [6.07, 6.45) is 2.96. The first-order valence-electron chi connectivity index (χ1n) is 10.4. The van der Waals surface area contributed by atoms with Crippen LogP contribution in [0.15, 0.2) is 77.7 Å². The topological polar surface area (TPSA) is 124 Å². The summed E-state index contributed by atoms with van der Waals surface area (Å²) in [7, 11) is -2.25. The van der Waals surface area contributed by atoms with Crippen LogP contribution in [-0.4, -0.2) is 54.9 Å². The van der Waals surface area contributed by atoms with Gasteiger partial charge in [0.05, 0.1) is 26.6 Å². The summed E-state index contributed by atoms with van der Waals surface area (Å²) in [6, 6.07) is 9.94. The molecule has 0 atom stereocenters. The number of amides is 1. The number of nitro benzene ring substituents is 1. The first-order valence-corrected chi connectivity index (χ1v) is 12.7. The third-order valence-electron chi connectivity index (χ3n) is 5.00. The van der Waals surface area contributed by atoms with Gasteiger partial charge in [0.15, 0.2) is 4.80 Å². The lowest BCUT2D eigenvalue weighted by Crippen LogP contribution is -2.31. The van der Waals surface area contributed by atoms with Crippen LogP contribution in [0.4, 0.5) is 5.69 Å². The second kappa shape index (κ2) is 11.3. The number of nitrogens with zero attached hydrogens (tertiary/aromatic N) is 4. The number of ether oxygens (including phenoxy) is 1. The predicted octanol–water partition coefficient (Wildman–Crippen LogP) is 3.36. The number of benzene rings is 2. The molecular formula is C23H24N4O6S2. The molecule has 10 nitrogen and oxygen atoms in total. The quantitative estimate of drug-likeness (QED) is 0.219. The monoisotopic (exact) mass is 516 g/mol. The number of non-ortho nitro benzene ring substituents is 1. The third-order valence-corrected chi connectivity index (χ3v) is 7.88. The summed E-state index contributed by atoms with van der Waals surface area (Å²) < 4.78 is 34.4. The standard InChI is InChI=1S/C23H24N4O6S2/c1-4-12-25(13-5-2)35(31,32)19-9-6-17(7-10-19)22(28)24-23-26(14-15-33-3)20-11-8-18(27(29)30)16-21(20)34-23/h4-11,16H,1-2,12-15H2,3H3. The Morgan fingerprint density at radius 1 is 1.20 bits per heavy atom. The van der Waals surface area contributed by atoms with Crippen molar-refractivity contribution < 1.29 is 22.9 Å². The molecule has 0 fully saturated rings. The second-order valence-corrected chi connectivity index (χ2v) is 10.2. The molecule has 0 aliphatic carbocycles. The van der Waals surface area contributed by atoms with Crippen molar-refractivity contribution in [3.63, 3.8) is 0 Å². The van der Waals surface area contributed by atoms with Crippen LogP contribution in [-0.2, 0) is 21.3 Å². The van der Waals surface area contributed by atoms with E-state index in [9.17, 15) is 23.3 Å². The number of sulfonamides is 1. The Bertz CT molecular complexity index is 1430. The van der Waals surface area contributed by atoms with Crippen LogP contribution in [0.5, 0.6) is 0 Å². The van der Waals surface area contributed by atoms with Crippen LogP contribution in [0.2, 0.25) is 0 Å². The Morgan fingerprint density at radius 2 is 1.86 bits per heavy atom. The summed E-state index contributed by atoms with van der Waals surface area (Å²) in [6.45, 7) is 8.15. The lowest BCUT2D eigenvalue weighted by atomic mass is 10.2. The van der Waals surface area contributed by atoms with Crippen molar-refractivity contribution in [3.8, 4) is 0 Å². The molecule has 0 aliphatic rings. The molecule has 35 heavy (non-hydrogen) atoms. The second-order valence-electron chi connectivity index (χ2n) is 7.28. The minimum atomic E-state index is -3.79. The average molecular weight is 517 g/mol. The van der Waals surface area contributed by atoms with Crippen LogP contribution in [0.1, 0.15) is 10.4 Å². The molecular weight excluding hydrogens is 492 g/mol. The lowest BCUT2D eigenvalue weighted by Gasteiger charge is -2.19. The first-order chi connectivity index (χ1) is 16.7. The average Bonchev–Trinajstić information content (AvgIpc) is 3.18. The Balaban J connectivity index is 1.98. The highest BCUT2D eigenvalue weighted by Crippen LogP contribution is 2.23. The number of rotatable bonds is 11. The highest BCUT2D eigenvalue weighted by atomic mass is 32.2. The van der Waals surface area contributed by atoms with E-state index in [-0.39, 0.29) is 29.2 Å². The number of carbonyl (C=O) groups is 1. The number of thiazole rings is 1. The molecule has 0 spiro atoms. The van der Waals surface area contributed by atoms with E-state index in [1.54, 1.807) is 17.7 Å². The minimum Gasteiger partial charge on any atom is -0.383 e. The van der Waals surface area contributed by atoms with Gasteiger partial charge in [-0.05, 0) is 30.3 Å². The molecule has 12 heteroatoms. The van der Waals surface area contributed by atoms with E-state index in [0.717, 1.165) is 11.3 Å². The van der Waals surface area contributed by atoms with Crippen molar-refractivity contribution in [2.45, 2.75) is 11.4 Å². The number of hydrogen-bond acceptors (Lipinski definition) is 7. The molecule has 0 N–H and O–H groups in total. The fourth-order valence-electron chi connectivity index (χ4n) is 3.29. The Hall–Kier alpha value is -3.45. The molecule has 0 aliphatic heterocycles. The molecule has 3 rings (SSSR count). The van der Waals surface area contributed by atoms with Crippen LogP contribution in [0.3, 0.4) is 0 Å². The molecule has 0 unspecified atom stereocenters. The number of hydrogen-bond donors (Lipinski definition) is 0. The summed E-state index contributed by atoms with van der Waals surface area (Å²) in [5.74, 6) is -0.574. The zero-order chi connectivity index (χ0) is 25.6. The molecule has 1 heterocycles. The van der Waals surface area contributed by atoms with Gasteiger partial charge >= 0.3 is 0 Å². The number of methoxy groups -OCH3 is 1. The number of fused-ring (bicyclic) bond motifs is 1. The van der Waals surface area contributed by atoms with E-state index >= 15 is 0 Å². The number of nitro groups is 1. The largest absolute Gasteiger partial charge is 0.383 e. The smallest absolute Gasteiger partial charge is 0.279 e. The van der Waals surface area contributed by atoms with Crippen molar-refractivity contribution in [2.24, 2.45) is 4.99 Å². The fraction of sp³-hybridized carbons (Fsp3) is 0.217. The molecule has 0 bridgehead atoms. The predicted molar refractivity (Wildman–Crippen MR) is 134 cm³/mol. The lowest BCUT2D eigenvalue weighted by molar-refractivity contribution is -0.384. The van der Waals surface area contributed by atoms with Crippen LogP contribution in [0, 0.1) is 10.1 Å². The number of carbonyl (C=O) groups excluding carboxylic acids is 1. The molecule has 3 aromatic rings.